The van der Waals surface area contributed by atoms with Crippen LogP contribution in [0.4, 0.5) is 32.6 Å². The Morgan fingerprint density at radius 3 is 2.77 bits per heavy atom. The van der Waals surface area contributed by atoms with Gasteiger partial charge in [-0.05, 0) is 25.0 Å². The van der Waals surface area contributed by atoms with Crippen molar-refractivity contribution in [2.24, 2.45) is 12.8 Å². The van der Waals surface area contributed by atoms with Crippen molar-refractivity contribution >= 4 is 27.9 Å². The van der Waals surface area contributed by atoms with Crippen molar-refractivity contribution in [3.05, 3.63) is 47.2 Å². The van der Waals surface area contributed by atoms with E-state index in [2.05, 4.69) is 15.4 Å². The fourth-order valence-electron chi connectivity index (χ4n) is 3.84. The van der Waals surface area contributed by atoms with Gasteiger partial charge in [0.2, 0.25) is 0 Å². The number of nitrogens with one attached hydrogen (secondary N) is 1. The first-order valence-electron chi connectivity index (χ1n) is 10.4. The minimum atomic E-state index is -4.84. The van der Waals surface area contributed by atoms with E-state index < -0.39 is 47.3 Å². The molecule has 35 heavy (non-hydrogen) atoms. The molecule has 1 aromatic carbocycles. The summed E-state index contributed by atoms with van der Waals surface area (Å²) in [5.74, 6) is -1.98. The van der Waals surface area contributed by atoms with Gasteiger partial charge in [-0.25, -0.2) is 13.8 Å². The van der Waals surface area contributed by atoms with E-state index in [-0.39, 0.29) is 28.0 Å². The number of thiazole rings is 1. The van der Waals surface area contributed by atoms with E-state index in [4.69, 9.17) is 16.2 Å². The highest BCUT2D eigenvalue weighted by molar-refractivity contribution is 7.19. The predicted molar refractivity (Wildman–Crippen MR) is 119 cm³/mol. The maximum Gasteiger partial charge on any atom is 0.417 e. The van der Waals surface area contributed by atoms with E-state index in [0.717, 1.165) is 18.2 Å². The average Bonchev–Trinajstić information content (AvgIpc) is 3.29. The molecule has 3 atom stereocenters. The van der Waals surface area contributed by atoms with Crippen LogP contribution in [0.5, 0.6) is 0 Å². The smallest absolute Gasteiger partial charge is 0.389 e. The number of hydrogen-bond donors (Lipinski definition) is 3. The van der Waals surface area contributed by atoms with Crippen molar-refractivity contribution in [1.82, 2.24) is 14.8 Å². The molecule has 0 spiro atoms. The Morgan fingerprint density at radius 2 is 2.06 bits per heavy atom. The number of nitrogens with two attached hydrogens (primary N) is 2. The molecule has 4 rings (SSSR count). The number of amides is 1. The first kappa shape index (κ1) is 25.0. The second-order valence-electron chi connectivity index (χ2n) is 7.99. The van der Waals surface area contributed by atoms with Crippen molar-refractivity contribution in [3.63, 3.8) is 0 Å². The number of nitrogens with zero attached hydrogens (tertiary/aromatic N) is 3. The molecule has 0 aliphatic carbocycles. The molecule has 2 aromatic heterocycles. The van der Waals surface area contributed by atoms with Crippen molar-refractivity contribution in [2.45, 2.75) is 37.3 Å². The average molecular weight is 516 g/mol. The van der Waals surface area contributed by atoms with Gasteiger partial charge in [0.15, 0.2) is 5.69 Å². The molecule has 0 radical (unpaired) electrons. The zero-order valence-electron chi connectivity index (χ0n) is 18.3. The van der Waals surface area contributed by atoms with Crippen LogP contribution in [0.2, 0.25) is 0 Å². The molecule has 1 aliphatic rings. The summed E-state index contributed by atoms with van der Waals surface area (Å²) in [7, 11) is 1.61. The van der Waals surface area contributed by atoms with E-state index in [0.29, 0.717) is 29.9 Å². The zero-order valence-corrected chi connectivity index (χ0v) is 19.1. The lowest BCUT2D eigenvalue weighted by Crippen LogP contribution is -2.32. The van der Waals surface area contributed by atoms with Gasteiger partial charge in [-0.3, -0.25) is 9.48 Å². The fourth-order valence-corrected chi connectivity index (χ4v) is 4.73. The zero-order chi connectivity index (χ0) is 25.5. The number of alkyl halides is 4. The number of carbonyl (C=O) groups excluding carboxylic acids is 1. The number of carbonyl (C=O) groups is 1. The lowest BCUT2D eigenvalue weighted by Gasteiger charge is -2.17. The highest BCUT2D eigenvalue weighted by atomic mass is 32.1. The van der Waals surface area contributed by atoms with Crippen LogP contribution in [-0.4, -0.2) is 39.5 Å². The maximum atomic E-state index is 14.4. The van der Waals surface area contributed by atoms with E-state index in [1.54, 1.807) is 7.05 Å². The molecule has 14 heteroatoms. The van der Waals surface area contributed by atoms with Crippen LogP contribution in [0, 0.1) is 5.82 Å². The van der Waals surface area contributed by atoms with Gasteiger partial charge >= 0.3 is 6.18 Å². The second-order valence-corrected chi connectivity index (χ2v) is 9.02. The molecular weight excluding hydrogens is 495 g/mol. The summed E-state index contributed by atoms with van der Waals surface area (Å²) in [5, 5.41) is 6.09. The first-order chi connectivity index (χ1) is 16.5. The van der Waals surface area contributed by atoms with Gasteiger partial charge in [0.25, 0.3) is 5.91 Å². The molecule has 1 amide bonds. The summed E-state index contributed by atoms with van der Waals surface area (Å²) in [6.07, 6.45) is -4.72. The highest BCUT2D eigenvalue weighted by Crippen LogP contribution is 2.41. The molecule has 5 N–H and O–H groups in total. The number of ether oxygens (including phenoxy) is 1. The Kier molecular flexibility index (Phi) is 6.79. The van der Waals surface area contributed by atoms with Gasteiger partial charge in [-0.2, -0.15) is 18.3 Å². The molecule has 1 fully saturated rings. The monoisotopic (exact) mass is 516 g/mol. The van der Waals surface area contributed by atoms with E-state index >= 15 is 0 Å². The topological polar surface area (TPSA) is 121 Å². The van der Waals surface area contributed by atoms with Crippen LogP contribution in [0.3, 0.4) is 0 Å². The molecule has 8 nitrogen and oxygen atoms in total. The van der Waals surface area contributed by atoms with Gasteiger partial charge in [0.1, 0.15) is 28.1 Å². The summed E-state index contributed by atoms with van der Waals surface area (Å²) < 4.78 is 75.6. The van der Waals surface area contributed by atoms with Gasteiger partial charge in [0, 0.05) is 13.1 Å². The first-order valence-corrected chi connectivity index (χ1v) is 11.3. The summed E-state index contributed by atoms with van der Waals surface area (Å²) >= 11 is 0.556. The number of hydrogen-bond acceptors (Lipinski definition) is 7. The third-order valence-electron chi connectivity index (χ3n) is 5.62. The van der Waals surface area contributed by atoms with Crippen LogP contribution in [0.15, 0.2) is 24.4 Å². The lowest BCUT2D eigenvalue weighted by molar-refractivity contribution is -0.137. The van der Waals surface area contributed by atoms with Crippen LogP contribution in [-0.2, 0) is 18.0 Å². The number of benzene rings is 1. The normalized spacial score (nSPS) is 21.1. The third-order valence-corrected chi connectivity index (χ3v) is 6.52. The van der Waals surface area contributed by atoms with Crippen molar-refractivity contribution in [3.8, 4) is 10.6 Å². The van der Waals surface area contributed by atoms with E-state index in [9.17, 15) is 26.7 Å². The number of aromatic nitrogens is 3. The Morgan fingerprint density at radius 1 is 1.31 bits per heavy atom. The largest absolute Gasteiger partial charge is 0.417 e. The Bertz CT molecular complexity index is 1230. The molecule has 3 unspecified atom stereocenters. The van der Waals surface area contributed by atoms with Crippen molar-refractivity contribution in [2.75, 3.05) is 17.7 Å². The van der Waals surface area contributed by atoms with Crippen LogP contribution < -0.4 is 16.8 Å². The summed E-state index contributed by atoms with van der Waals surface area (Å²) in [5.41, 5.74) is 9.92. The quantitative estimate of drug-likeness (QED) is 0.450. The van der Waals surface area contributed by atoms with Crippen LogP contribution >= 0.6 is 11.3 Å². The predicted octanol–water partition coefficient (Wildman–Crippen LogP) is 4.05. The summed E-state index contributed by atoms with van der Waals surface area (Å²) in [4.78, 5) is 16.9. The highest BCUT2D eigenvalue weighted by Gasteiger charge is 2.36. The van der Waals surface area contributed by atoms with Crippen LogP contribution in [0.1, 0.15) is 40.7 Å². The molecule has 0 saturated carbocycles. The number of rotatable bonds is 4. The molecule has 1 aliphatic heterocycles. The molecule has 0 bridgehead atoms. The lowest BCUT2D eigenvalue weighted by atomic mass is 10.0. The third kappa shape index (κ3) is 4.99. The Balaban J connectivity index is 1.63. The van der Waals surface area contributed by atoms with Gasteiger partial charge < -0.3 is 21.5 Å². The molecule has 3 heterocycles. The van der Waals surface area contributed by atoms with Crippen LogP contribution in [0.25, 0.3) is 10.6 Å². The molecular formula is C21H21F5N6O2S. The second kappa shape index (κ2) is 9.51. The molecule has 1 saturated heterocycles. The van der Waals surface area contributed by atoms with E-state index in [1.807, 2.05) is 0 Å². The van der Waals surface area contributed by atoms with Gasteiger partial charge in [-0.1, -0.05) is 17.4 Å². The molecule has 3 aromatic rings. The summed E-state index contributed by atoms with van der Waals surface area (Å²) in [6, 6.07) is 1.84. The van der Waals surface area contributed by atoms with Gasteiger partial charge in [-0.15, -0.1) is 0 Å². The van der Waals surface area contributed by atoms with Gasteiger partial charge in [0.05, 0.1) is 35.3 Å². The number of nitrogen functional groups attached to an aromatic ring is 1. The number of halogens is 5. The van der Waals surface area contributed by atoms with Crippen molar-refractivity contribution < 1.29 is 31.5 Å². The fraction of sp³-hybridized carbons (Fsp3) is 0.381. The SMILES string of the molecule is Cn1ncc(NC(=O)c2nc(-c3c(F)cccc3C(F)(F)F)sc2N)c1C1CCC(N)C(F)CO1. The number of anilines is 2. The Labute approximate surface area is 200 Å². The van der Waals surface area contributed by atoms with Crippen molar-refractivity contribution in [1.29, 1.82) is 0 Å². The summed E-state index contributed by atoms with van der Waals surface area (Å²) in [6.45, 7) is -0.225. The maximum absolute atomic E-state index is 14.4. The minimum absolute atomic E-state index is 0.198. The number of aryl methyl sites for hydroxylation is 1. The molecule has 188 valence electrons. The minimum Gasteiger partial charge on any atom is -0.389 e. The van der Waals surface area contributed by atoms with E-state index in [1.165, 1.54) is 10.9 Å². The Hall–Kier alpha value is -3.10. The standard InChI is InChI=1S/C21H21F5N6O2S/c1-32-17(14-6-5-12(27)11(23)8-34-14)13(7-29-32)30-19(33)16-18(28)35-20(31-16)15-9(21(24,25)26)3-2-4-10(15)22/h2-4,7,11-12,14H,5-6,8,27-28H2,1H3,(H,30,33).